The Morgan fingerprint density at radius 3 is 1.93 bits per heavy atom. The van der Waals surface area contributed by atoms with Crippen LogP contribution in [0.15, 0.2) is 60.7 Å². The Bertz CT molecular complexity index is 1010. The highest BCUT2D eigenvalue weighted by Gasteiger charge is 2.20. The number of fused-ring (bicyclic) bond motifs is 1. The van der Waals surface area contributed by atoms with Crippen molar-refractivity contribution in [2.45, 2.75) is 33.7 Å². The molecule has 2 heterocycles. The average molecular weight is 379 g/mol. The quantitative estimate of drug-likeness (QED) is 0.421. The molecule has 0 aliphatic rings. The van der Waals surface area contributed by atoms with E-state index in [1.807, 2.05) is 79.2 Å². The maximum Gasteiger partial charge on any atom is 0.182 e. The Morgan fingerprint density at radius 2 is 1.37 bits per heavy atom. The van der Waals surface area contributed by atoms with Crippen LogP contribution in [0.5, 0.6) is 0 Å². The van der Waals surface area contributed by atoms with Gasteiger partial charge in [0.05, 0.1) is 10.4 Å². The van der Waals surface area contributed by atoms with Crippen molar-refractivity contribution in [3.8, 4) is 22.5 Å². The molecule has 0 atom stereocenters. The predicted octanol–water partition coefficient (Wildman–Crippen LogP) is 6.25. The number of halogens is 1. The molecular weight excluding hydrogens is 356 g/mol. The van der Waals surface area contributed by atoms with Crippen molar-refractivity contribution < 1.29 is 0 Å². The van der Waals surface area contributed by atoms with Crippen LogP contribution in [-0.4, -0.2) is 20.0 Å². The maximum atomic E-state index is 6.79. The smallest absolute Gasteiger partial charge is 0.182 e. The van der Waals surface area contributed by atoms with Gasteiger partial charge in [0.2, 0.25) is 0 Å². The molecule has 5 heteroatoms. The average Bonchev–Trinajstić information content (AvgIpc) is 3.11. The van der Waals surface area contributed by atoms with Crippen molar-refractivity contribution in [2.24, 2.45) is 0 Å². The van der Waals surface area contributed by atoms with Gasteiger partial charge in [-0.25, -0.2) is 4.68 Å². The molecule has 2 aromatic heterocycles. The minimum absolute atomic E-state index is 0.595. The Hall–Kier alpha value is -2.72. The number of rotatable bonds is 4. The van der Waals surface area contributed by atoms with Crippen LogP contribution >= 0.6 is 11.6 Å². The van der Waals surface area contributed by atoms with Crippen molar-refractivity contribution in [1.82, 2.24) is 20.0 Å². The fourth-order valence-corrected chi connectivity index (χ4v) is 3.28. The first-order valence-corrected chi connectivity index (χ1v) is 9.71. The highest BCUT2D eigenvalue weighted by molar-refractivity contribution is 6.38. The van der Waals surface area contributed by atoms with Crippen LogP contribution in [0.1, 0.15) is 27.2 Å². The Morgan fingerprint density at radius 1 is 0.815 bits per heavy atom. The van der Waals surface area contributed by atoms with Crippen LogP contribution in [0.4, 0.5) is 0 Å². The summed E-state index contributed by atoms with van der Waals surface area (Å²) in [6.45, 7) is 6.89. The maximum absolute atomic E-state index is 6.79. The highest BCUT2D eigenvalue weighted by atomic mass is 35.5. The van der Waals surface area contributed by atoms with Crippen LogP contribution < -0.4 is 0 Å². The summed E-state index contributed by atoms with van der Waals surface area (Å²) < 4.78 is 1.89. The molecule has 4 rings (SSSR count). The van der Waals surface area contributed by atoms with Crippen molar-refractivity contribution in [1.29, 1.82) is 0 Å². The van der Waals surface area contributed by atoms with Gasteiger partial charge in [-0.3, -0.25) is 0 Å². The number of nitrogens with zero attached hydrogens (tertiary/aromatic N) is 4. The van der Waals surface area contributed by atoms with Crippen LogP contribution in [0.2, 0.25) is 5.02 Å². The summed E-state index contributed by atoms with van der Waals surface area (Å²) in [7, 11) is 0. The van der Waals surface area contributed by atoms with Gasteiger partial charge in [0.15, 0.2) is 5.65 Å². The SMILES string of the molecule is CC.CCCn1nc(-c2ccccc2)c2c(Cl)c(-c3ccccc3)nnc21. The van der Waals surface area contributed by atoms with E-state index in [9.17, 15) is 0 Å². The van der Waals surface area contributed by atoms with Gasteiger partial charge in [-0.15, -0.1) is 10.2 Å². The molecule has 0 radical (unpaired) electrons. The zero-order chi connectivity index (χ0) is 19.2. The highest BCUT2D eigenvalue weighted by Crippen LogP contribution is 2.37. The van der Waals surface area contributed by atoms with E-state index in [0.29, 0.717) is 10.7 Å². The van der Waals surface area contributed by atoms with Crippen LogP contribution in [0.3, 0.4) is 0 Å². The van der Waals surface area contributed by atoms with Gasteiger partial charge in [0, 0.05) is 17.7 Å². The molecule has 4 nitrogen and oxygen atoms in total. The zero-order valence-corrected chi connectivity index (χ0v) is 16.6. The lowest BCUT2D eigenvalue weighted by Crippen LogP contribution is -2.01. The Balaban J connectivity index is 0.00000102. The lowest BCUT2D eigenvalue weighted by molar-refractivity contribution is 0.616. The predicted molar refractivity (Wildman–Crippen MR) is 113 cm³/mol. The Kier molecular flexibility index (Phi) is 6.20. The molecule has 0 aliphatic carbocycles. The van der Waals surface area contributed by atoms with Crippen molar-refractivity contribution in [3.05, 3.63) is 65.7 Å². The number of hydrogen-bond donors (Lipinski definition) is 0. The van der Waals surface area contributed by atoms with Gasteiger partial charge in [0.25, 0.3) is 0 Å². The van der Waals surface area contributed by atoms with Gasteiger partial charge in [-0.05, 0) is 6.42 Å². The molecule has 0 aliphatic heterocycles. The molecule has 0 saturated carbocycles. The molecule has 27 heavy (non-hydrogen) atoms. The molecule has 0 spiro atoms. The molecule has 0 saturated heterocycles. The van der Waals surface area contributed by atoms with Gasteiger partial charge in [-0.1, -0.05) is 93.0 Å². The Labute approximate surface area is 164 Å². The van der Waals surface area contributed by atoms with Crippen molar-refractivity contribution in [2.75, 3.05) is 0 Å². The first-order valence-electron chi connectivity index (χ1n) is 9.33. The second-order valence-electron chi connectivity index (χ2n) is 5.86. The second kappa shape index (κ2) is 8.78. The molecule has 0 bridgehead atoms. The van der Waals surface area contributed by atoms with E-state index in [1.165, 1.54) is 0 Å². The van der Waals surface area contributed by atoms with E-state index in [1.54, 1.807) is 0 Å². The standard InChI is InChI=1S/C20H17ClN4.C2H6/c1-2-13-25-20-16(18(24-25)14-9-5-3-6-10-14)17(21)19(22-23-20)15-11-7-4-8-12-15;1-2/h3-12H,2,13H2,1H3;1-2H3. The summed E-state index contributed by atoms with van der Waals surface area (Å²) in [4.78, 5) is 0. The van der Waals surface area contributed by atoms with Gasteiger partial charge in [-0.2, -0.15) is 5.10 Å². The van der Waals surface area contributed by atoms with E-state index >= 15 is 0 Å². The van der Waals surface area contributed by atoms with Crippen LogP contribution in [-0.2, 0) is 6.54 Å². The largest absolute Gasteiger partial charge is 0.245 e. The molecule has 0 amide bonds. The summed E-state index contributed by atoms with van der Waals surface area (Å²) in [5.41, 5.74) is 4.23. The number of benzene rings is 2. The fraction of sp³-hybridized carbons (Fsp3) is 0.227. The third kappa shape index (κ3) is 3.71. The van der Waals surface area contributed by atoms with Crippen molar-refractivity contribution in [3.63, 3.8) is 0 Å². The van der Waals surface area contributed by atoms with Gasteiger partial charge >= 0.3 is 0 Å². The van der Waals surface area contributed by atoms with Crippen LogP contribution in [0, 0.1) is 0 Å². The lowest BCUT2D eigenvalue weighted by atomic mass is 10.1. The minimum Gasteiger partial charge on any atom is -0.245 e. The number of aryl methyl sites for hydroxylation is 1. The first-order chi connectivity index (χ1) is 13.3. The van der Waals surface area contributed by atoms with Gasteiger partial charge in [0.1, 0.15) is 11.4 Å². The summed E-state index contributed by atoms with van der Waals surface area (Å²) in [5, 5.41) is 15.1. The number of aromatic nitrogens is 4. The van der Waals surface area contributed by atoms with E-state index in [0.717, 1.165) is 40.8 Å². The molecule has 0 fully saturated rings. The van der Waals surface area contributed by atoms with E-state index in [4.69, 9.17) is 16.7 Å². The van der Waals surface area contributed by atoms with E-state index in [-0.39, 0.29) is 0 Å². The van der Waals surface area contributed by atoms with Gasteiger partial charge < -0.3 is 0 Å². The normalized spacial score (nSPS) is 10.5. The molecule has 2 aromatic carbocycles. The monoisotopic (exact) mass is 378 g/mol. The third-order valence-corrected chi connectivity index (χ3v) is 4.50. The molecule has 0 unspecified atom stereocenters. The summed E-state index contributed by atoms with van der Waals surface area (Å²) in [5.74, 6) is 0. The summed E-state index contributed by atoms with van der Waals surface area (Å²) in [6.07, 6.45) is 0.963. The first kappa shape index (κ1) is 19.1. The number of hydrogen-bond acceptors (Lipinski definition) is 3. The zero-order valence-electron chi connectivity index (χ0n) is 15.9. The van der Waals surface area contributed by atoms with Crippen LogP contribution in [0.25, 0.3) is 33.5 Å². The topological polar surface area (TPSA) is 43.6 Å². The summed E-state index contributed by atoms with van der Waals surface area (Å²) >= 11 is 6.79. The fourth-order valence-electron chi connectivity index (χ4n) is 2.96. The molecule has 138 valence electrons. The summed E-state index contributed by atoms with van der Waals surface area (Å²) in [6, 6.07) is 20.0. The molecule has 0 N–H and O–H groups in total. The van der Waals surface area contributed by atoms with E-state index in [2.05, 4.69) is 17.1 Å². The second-order valence-corrected chi connectivity index (χ2v) is 6.24. The lowest BCUT2D eigenvalue weighted by Gasteiger charge is -2.05. The molecular formula is C22H23ClN4. The van der Waals surface area contributed by atoms with E-state index < -0.39 is 0 Å². The molecule has 4 aromatic rings. The minimum atomic E-state index is 0.595. The third-order valence-electron chi connectivity index (χ3n) is 4.13. The van der Waals surface area contributed by atoms with Crippen molar-refractivity contribution >= 4 is 22.6 Å².